The van der Waals surface area contributed by atoms with Crippen molar-refractivity contribution in [1.29, 1.82) is 5.26 Å². The number of benzene rings is 1. The molecule has 0 saturated heterocycles. The van der Waals surface area contributed by atoms with E-state index in [-0.39, 0.29) is 5.56 Å². The fourth-order valence-electron chi connectivity index (χ4n) is 1.69. The number of methoxy groups -OCH3 is 1. The van der Waals surface area contributed by atoms with Crippen LogP contribution in [-0.4, -0.2) is 11.7 Å². The van der Waals surface area contributed by atoms with Crippen molar-refractivity contribution < 1.29 is 4.74 Å². The summed E-state index contributed by atoms with van der Waals surface area (Å²) in [6.07, 6.45) is 3.17. The highest BCUT2D eigenvalue weighted by Crippen LogP contribution is 2.25. The van der Waals surface area contributed by atoms with Crippen LogP contribution < -0.4 is 19.5 Å². The second-order valence-corrected chi connectivity index (χ2v) is 5.90. The molecule has 0 spiro atoms. The maximum Gasteiger partial charge on any atom is 0.268 e. The summed E-state index contributed by atoms with van der Waals surface area (Å²) >= 11 is 4.70. The number of aromatic nitrogens is 1. The Kier molecular flexibility index (Phi) is 4.42. The molecule has 0 amide bonds. The van der Waals surface area contributed by atoms with Gasteiger partial charge in [-0.3, -0.25) is 4.79 Å². The van der Waals surface area contributed by atoms with Crippen LogP contribution in [0.2, 0.25) is 0 Å². The van der Waals surface area contributed by atoms with Gasteiger partial charge in [-0.1, -0.05) is 6.07 Å². The van der Waals surface area contributed by atoms with Gasteiger partial charge in [0.25, 0.3) is 5.56 Å². The van der Waals surface area contributed by atoms with Gasteiger partial charge in [-0.15, -0.1) is 11.3 Å². The molecule has 0 radical (unpaired) electrons. The molecule has 20 heavy (non-hydrogen) atoms. The SMILES string of the molecule is COc1ccc(/C=c2\s/c(=C\C#N)n(C)c2=O)cc1Br. The van der Waals surface area contributed by atoms with E-state index in [1.165, 1.54) is 22.0 Å². The van der Waals surface area contributed by atoms with Crippen molar-refractivity contribution in [3.05, 3.63) is 47.8 Å². The molecule has 1 heterocycles. The average Bonchev–Trinajstić information content (AvgIpc) is 2.68. The number of nitriles is 1. The lowest BCUT2D eigenvalue weighted by Gasteiger charge is -2.02. The first-order chi connectivity index (χ1) is 9.56. The van der Waals surface area contributed by atoms with Gasteiger partial charge in [-0.2, -0.15) is 5.26 Å². The van der Waals surface area contributed by atoms with Gasteiger partial charge < -0.3 is 9.30 Å². The van der Waals surface area contributed by atoms with Gasteiger partial charge in [0, 0.05) is 13.1 Å². The van der Waals surface area contributed by atoms with Gasteiger partial charge in [0.2, 0.25) is 0 Å². The number of nitrogens with zero attached hydrogens (tertiary/aromatic N) is 2. The van der Waals surface area contributed by atoms with E-state index in [4.69, 9.17) is 10.00 Å². The van der Waals surface area contributed by atoms with E-state index in [1.807, 2.05) is 24.3 Å². The van der Waals surface area contributed by atoms with Crippen molar-refractivity contribution in [3.63, 3.8) is 0 Å². The van der Waals surface area contributed by atoms with Gasteiger partial charge in [-0.25, -0.2) is 0 Å². The molecule has 1 aromatic heterocycles. The van der Waals surface area contributed by atoms with Crippen LogP contribution in [0.5, 0.6) is 5.75 Å². The Hall–Kier alpha value is -1.84. The second kappa shape index (κ2) is 6.07. The van der Waals surface area contributed by atoms with Gasteiger partial charge in [0.15, 0.2) is 0 Å². The van der Waals surface area contributed by atoms with Crippen LogP contribution >= 0.6 is 27.3 Å². The van der Waals surface area contributed by atoms with Crippen LogP contribution in [0, 0.1) is 11.3 Å². The van der Waals surface area contributed by atoms with Crippen molar-refractivity contribution in [2.75, 3.05) is 7.11 Å². The van der Waals surface area contributed by atoms with Crippen LogP contribution in [0.3, 0.4) is 0 Å². The third-order valence-electron chi connectivity index (χ3n) is 2.72. The fourth-order valence-corrected chi connectivity index (χ4v) is 3.22. The lowest BCUT2D eigenvalue weighted by Crippen LogP contribution is -2.28. The Bertz CT molecular complexity index is 859. The lowest BCUT2D eigenvalue weighted by molar-refractivity contribution is 0.412. The highest BCUT2D eigenvalue weighted by Gasteiger charge is 2.02. The molecule has 0 atom stereocenters. The topological polar surface area (TPSA) is 55.0 Å². The molecular formula is C14H11BrN2O2S. The maximum atomic E-state index is 12.1. The highest BCUT2D eigenvalue weighted by atomic mass is 79.9. The van der Waals surface area contributed by atoms with Gasteiger partial charge in [-0.05, 0) is 39.7 Å². The summed E-state index contributed by atoms with van der Waals surface area (Å²) in [7, 11) is 3.26. The minimum Gasteiger partial charge on any atom is -0.496 e. The summed E-state index contributed by atoms with van der Waals surface area (Å²) in [6.45, 7) is 0. The molecule has 1 aromatic carbocycles. The number of hydrogen-bond acceptors (Lipinski definition) is 4. The molecule has 2 rings (SSSR count). The molecule has 0 aliphatic rings. The first-order valence-electron chi connectivity index (χ1n) is 5.67. The summed E-state index contributed by atoms with van der Waals surface area (Å²) in [4.78, 5) is 12.1. The quantitative estimate of drug-likeness (QED) is 0.821. The molecule has 0 aliphatic carbocycles. The summed E-state index contributed by atoms with van der Waals surface area (Å²) in [6, 6.07) is 7.52. The predicted octanol–water partition coefficient (Wildman–Crippen LogP) is 1.35. The van der Waals surface area contributed by atoms with E-state index in [1.54, 1.807) is 20.2 Å². The zero-order chi connectivity index (χ0) is 14.7. The normalized spacial score (nSPS) is 12.5. The first kappa shape index (κ1) is 14.6. The molecule has 102 valence electrons. The lowest BCUT2D eigenvalue weighted by atomic mass is 10.2. The molecule has 6 heteroatoms. The number of hydrogen-bond donors (Lipinski definition) is 0. The van der Waals surface area contributed by atoms with Crippen LogP contribution in [0.1, 0.15) is 5.56 Å². The largest absolute Gasteiger partial charge is 0.496 e. The third kappa shape index (κ3) is 2.84. The molecule has 0 fully saturated rings. The van der Waals surface area contributed by atoms with E-state index in [9.17, 15) is 4.79 Å². The number of thiazole rings is 1. The zero-order valence-electron chi connectivity index (χ0n) is 10.9. The average molecular weight is 351 g/mol. The van der Waals surface area contributed by atoms with Crippen molar-refractivity contribution in [3.8, 4) is 11.8 Å². The molecule has 0 aliphatic heterocycles. The molecule has 0 saturated carbocycles. The van der Waals surface area contributed by atoms with Crippen molar-refractivity contribution in [2.45, 2.75) is 0 Å². The van der Waals surface area contributed by atoms with Crippen molar-refractivity contribution in [2.24, 2.45) is 7.05 Å². The maximum absolute atomic E-state index is 12.1. The van der Waals surface area contributed by atoms with Crippen LogP contribution in [-0.2, 0) is 7.05 Å². The number of ether oxygens (including phenoxy) is 1. The highest BCUT2D eigenvalue weighted by molar-refractivity contribution is 9.10. The minimum absolute atomic E-state index is 0.108. The fraction of sp³-hybridized carbons (Fsp3) is 0.143. The summed E-state index contributed by atoms with van der Waals surface area (Å²) in [5.74, 6) is 0.736. The standard InChI is InChI=1S/C14H11BrN2O2S/c1-17-13(5-6-16)20-12(14(17)18)8-9-3-4-11(19-2)10(15)7-9/h3-5,7-8H,1-2H3/b12-8-,13-5-. The molecule has 4 nitrogen and oxygen atoms in total. The van der Waals surface area contributed by atoms with Gasteiger partial charge in [0.05, 0.1) is 22.2 Å². The summed E-state index contributed by atoms with van der Waals surface area (Å²) < 4.78 is 8.68. The molecule has 0 unspecified atom stereocenters. The number of rotatable bonds is 2. The minimum atomic E-state index is -0.108. The molecule has 0 bridgehead atoms. The van der Waals surface area contributed by atoms with Gasteiger partial charge >= 0.3 is 0 Å². The van der Waals surface area contributed by atoms with E-state index in [2.05, 4.69) is 15.9 Å². The number of halogens is 1. The molecule has 2 aromatic rings. The van der Waals surface area contributed by atoms with E-state index in [0.717, 1.165) is 15.8 Å². The smallest absolute Gasteiger partial charge is 0.268 e. The first-order valence-corrected chi connectivity index (χ1v) is 7.28. The van der Waals surface area contributed by atoms with Crippen molar-refractivity contribution >= 4 is 39.4 Å². The third-order valence-corrected chi connectivity index (χ3v) is 4.46. The van der Waals surface area contributed by atoms with Crippen LogP contribution in [0.4, 0.5) is 0 Å². The Morgan fingerprint density at radius 2 is 2.25 bits per heavy atom. The van der Waals surface area contributed by atoms with E-state index < -0.39 is 0 Å². The van der Waals surface area contributed by atoms with Crippen LogP contribution in [0.25, 0.3) is 12.2 Å². The summed E-state index contributed by atoms with van der Waals surface area (Å²) in [5.41, 5.74) is 0.781. The Balaban J connectivity index is 2.60. The zero-order valence-corrected chi connectivity index (χ0v) is 13.3. The molecular weight excluding hydrogens is 340 g/mol. The molecule has 0 N–H and O–H groups in total. The van der Waals surface area contributed by atoms with Crippen molar-refractivity contribution in [1.82, 2.24) is 4.57 Å². The van der Waals surface area contributed by atoms with Gasteiger partial charge in [0.1, 0.15) is 10.4 Å². The van der Waals surface area contributed by atoms with Crippen LogP contribution in [0.15, 0.2) is 27.5 Å². The van der Waals surface area contributed by atoms with E-state index >= 15 is 0 Å². The summed E-state index contributed by atoms with van der Waals surface area (Å²) in [5, 5.41) is 8.68. The second-order valence-electron chi connectivity index (χ2n) is 3.98. The Morgan fingerprint density at radius 3 is 2.85 bits per heavy atom. The Morgan fingerprint density at radius 1 is 1.50 bits per heavy atom. The Labute approximate surface area is 128 Å². The predicted molar refractivity (Wildman–Crippen MR) is 83.1 cm³/mol. The monoisotopic (exact) mass is 350 g/mol. The van der Waals surface area contributed by atoms with E-state index in [0.29, 0.717) is 9.20 Å².